The van der Waals surface area contributed by atoms with E-state index >= 15 is 0 Å². The third-order valence-electron chi connectivity index (χ3n) is 3.11. The van der Waals surface area contributed by atoms with Gasteiger partial charge in [0.25, 0.3) is 0 Å². The molecule has 0 aliphatic carbocycles. The van der Waals surface area contributed by atoms with Crippen LogP contribution in [0.25, 0.3) is 0 Å². The fourth-order valence-electron chi connectivity index (χ4n) is 2.21. The van der Waals surface area contributed by atoms with Crippen LogP contribution >= 0.6 is 11.3 Å². The highest BCUT2D eigenvalue weighted by atomic mass is 32.1. The minimum absolute atomic E-state index is 0.0893. The fraction of sp³-hybridized carbons (Fsp3) is 0.571. The Balaban J connectivity index is 2.38. The molecule has 5 nitrogen and oxygen atoms in total. The van der Waals surface area contributed by atoms with Crippen molar-refractivity contribution in [2.45, 2.75) is 39.3 Å². The Morgan fingerprint density at radius 2 is 2.20 bits per heavy atom. The molecule has 0 aromatic carbocycles. The summed E-state index contributed by atoms with van der Waals surface area (Å²) >= 11 is 1.66. The Kier molecular flexibility index (Phi) is 5.55. The molecule has 2 heterocycles. The summed E-state index contributed by atoms with van der Waals surface area (Å²) in [5, 5.41) is 8.03. The van der Waals surface area contributed by atoms with Gasteiger partial charge in [-0.25, -0.2) is 0 Å². The van der Waals surface area contributed by atoms with Gasteiger partial charge in [0.05, 0.1) is 24.9 Å². The zero-order chi connectivity index (χ0) is 14.4. The van der Waals surface area contributed by atoms with E-state index in [0.717, 1.165) is 37.4 Å². The summed E-state index contributed by atoms with van der Waals surface area (Å²) < 4.78 is 7.53. The molecule has 110 valence electrons. The molecule has 1 atom stereocenters. The molecule has 0 saturated carbocycles. The minimum atomic E-state index is 0.0893. The number of methoxy groups -OCH3 is 1. The van der Waals surface area contributed by atoms with Crippen molar-refractivity contribution in [3.8, 4) is 5.75 Å². The van der Waals surface area contributed by atoms with Crippen LogP contribution in [0, 0.1) is 0 Å². The Labute approximate surface area is 124 Å². The van der Waals surface area contributed by atoms with Crippen molar-refractivity contribution in [1.82, 2.24) is 20.1 Å². The number of hydrogen-bond donors (Lipinski definition) is 1. The van der Waals surface area contributed by atoms with Gasteiger partial charge in [0, 0.05) is 17.6 Å². The van der Waals surface area contributed by atoms with E-state index in [4.69, 9.17) is 4.74 Å². The second-order valence-corrected chi connectivity index (χ2v) is 5.53. The first-order chi connectivity index (χ1) is 9.81. The van der Waals surface area contributed by atoms with Gasteiger partial charge in [0.2, 0.25) is 0 Å². The van der Waals surface area contributed by atoms with E-state index in [9.17, 15) is 0 Å². The number of hydrogen-bond acceptors (Lipinski definition) is 5. The molecule has 0 fully saturated rings. The molecule has 2 aromatic rings. The van der Waals surface area contributed by atoms with Crippen molar-refractivity contribution >= 4 is 11.3 Å². The Hall–Kier alpha value is -1.40. The quantitative estimate of drug-likeness (QED) is 0.813. The van der Waals surface area contributed by atoms with Crippen LogP contribution in [0.4, 0.5) is 0 Å². The van der Waals surface area contributed by atoms with E-state index < -0.39 is 0 Å². The molecule has 0 spiro atoms. The molecule has 1 unspecified atom stereocenters. The van der Waals surface area contributed by atoms with Crippen LogP contribution in [0.1, 0.15) is 43.3 Å². The van der Waals surface area contributed by atoms with Crippen molar-refractivity contribution in [3.63, 3.8) is 0 Å². The van der Waals surface area contributed by atoms with Crippen LogP contribution < -0.4 is 10.1 Å². The largest absolute Gasteiger partial charge is 0.493 e. The van der Waals surface area contributed by atoms with Crippen LogP contribution in [0.15, 0.2) is 17.9 Å². The van der Waals surface area contributed by atoms with Gasteiger partial charge in [-0.2, -0.15) is 5.10 Å². The van der Waals surface area contributed by atoms with Crippen LogP contribution in [0.5, 0.6) is 5.75 Å². The molecule has 0 saturated heterocycles. The highest BCUT2D eigenvalue weighted by Crippen LogP contribution is 2.31. The van der Waals surface area contributed by atoms with Crippen LogP contribution in [0.3, 0.4) is 0 Å². The van der Waals surface area contributed by atoms with E-state index in [0.29, 0.717) is 0 Å². The summed E-state index contributed by atoms with van der Waals surface area (Å²) in [6, 6.07) is 0.0893. The van der Waals surface area contributed by atoms with Crippen LogP contribution in [-0.4, -0.2) is 28.4 Å². The maximum Gasteiger partial charge on any atom is 0.161 e. The molecule has 0 aliphatic heterocycles. The van der Waals surface area contributed by atoms with E-state index in [-0.39, 0.29) is 6.04 Å². The van der Waals surface area contributed by atoms with Crippen molar-refractivity contribution in [2.75, 3.05) is 13.7 Å². The molecule has 0 radical (unpaired) electrons. The first kappa shape index (κ1) is 15.0. The molecular formula is C14H22N4OS. The monoisotopic (exact) mass is 294 g/mol. The van der Waals surface area contributed by atoms with E-state index in [1.165, 1.54) is 4.88 Å². The average Bonchev–Trinajstić information content (AvgIpc) is 3.10. The molecule has 2 rings (SSSR count). The first-order valence-corrected chi connectivity index (χ1v) is 7.91. The smallest absolute Gasteiger partial charge is 0.161 e. The van der Waals surface area contributed by atoms with Crippen molar-refractivity contribution in [2.24, 2.45) is 0 Å². The summed E-state index contributed by atoms with van der Waals surface area (Å²) in [5.74, 6) is 0.834. The van der Waals surface area contributed by atoms with Gasteiger partial charge < -0.3 is 10.1 Å². The standard InChI is InChI=1S/C14H22N4OS/c1-4-6-16-13(12-9-15-10-20-12)14-11(19-3)8-17-18(14)7-5-2/h8-10,13,16H,4-7H2,1-3H3. The molecule has 2 aromatic heterocycles. The molecular weight excluding hydrogens is 272 g/mol. The van der Waals surface area contributed by atoms with Crippen molar-refractivity contribution < 1.29 is 4.74 Å². The summed E-state index contributed by atoms with van der Waals surface area (Å²) in [5.41, 5.74) is 2.95. The number of aromatic nitrogens is 3. The lowest BCUT2D eigenvalue weighted by atomic mass is 10.1. The lowest BCUT2D eigenvalue weighted by molar-refractivity contribution is 0.398. The number of nitrogens with zero attached hydrogens (tertiary/aromatic N) is 3. The number of aryl methyl sites for hydroxylation is 1. The highest BCUT2D eigenvalue weighted by molar-refractivity contribution is 7.09. The molecule has 0 amide bonds. The average molecular weight is 294 g/mol. The van der Waals surface area contributed by atoms with Crippen molar-refractivity contribution in [3.05, 3.63) is 28.5 Å². The summed E-state index contributed by atoms with van der Waals surface area (Å²) in [7, 11) is 1.69. The first-order valence-electron chi connectivity index (χ1n) is 7.03. The van der Waals surface area contributed by atoms with Gasteiger partial charge in [-0.1, -0.05) is 13.8 Å². The topological polar surface area (TPSA) is 52.0 Å². The minimum Gasteiger partial charge on any atom is -0.493 e. The second kappa shape index (κ2) is 7.40. The predicted octanol–water partition coefficient (Wildman–Crippen LogP) is 2.85. The van der Waals surface area contributed by atoms with Crippen LogP contribution in [-0.2, 0) is 6.54 Å². The highest BCUT2D eigenvalue weighted by Gasteiger charge is 2.24. The fourth-order valence-corrected chi connectivity index (χ4v) is 2.90. The zero-order valence-electron chi connectivity index (χ0n) is 12.3. The normalized spacial score (nSPS) is 12.6. The maximum absolute atomic E-state index is 5.49. The number of ether oxygens (including phenoxy) is 1. The summed E-state index contributed by atoms with van der Waals surface area (Å²) in [6.07, 6.45) is 5.84. The summed E-state index contributed by atoms with van der Waals surface area (Å²) in [6.45, 7) is 6.15. The Morgan fingerprint density at radius 1 is 1.35 bits per heavy atom. The predicted molar refractivity (Wildman–Crippen MR) is 81.3 cm³/mol. The number of thiazole rings is 1. The maximum atomic E-state index is 5.49. The van der Waals surface area contributed by atoms with Gasteiger partial charge in [-0.3, -0.25) is 9.67 Å². The Morgan fingerprint density at radius 3 is 2.80 bits per heavy atom. The molecule has 6 heteroatoms. The molecule has 0 aliphatic rings. The van der Waals surface area contributed by atoms with Gasteiger partial charge in [-0.15, -0.1) is 11.3 Å². The van der Waals surface area contributed by atoms with Gasteiger partial charge in [0.15, 0.2) is 5.75 Å². The lowest BCUT2D eigenvalue weighted by Gasteiger charge is -2.19. The lowest BCUT2D eigenvalue weighted by Crippen LogP contribution is -2.25. The molecule has 20 heavy (non-hydrogen) atoms. The third-order valence-corrected chi connectivity index (χ3v) is 3.95. The van der Waals surface area contributed by atoms with E-state index in [2.05, 4.69) is 29.2 Å². The van der Waals surface area contributed by atoms with Gasteiger partial charge in [0.1, 0.15) is 5.69 Å². The number of rotatable bonds is 8. The van der Waals surface area contributed by atoms with Crippen LogP contribution in [0.2, 0.25) is 0 Å². The second-order valence-electron chi connectivity index (χ2n) is 4.61. The zero-order valence-corrected chi connectivity index (χ0v) is 13.1. The summed E-state index contributed by atoms with van der Waals surface area (Å²) in [4.78, 5) is 5.39. The Bertz CT molecular complexity index is 509. The van der Waals surface area contributed by atoms with E-state index in [1.54, 1.807) is 24.6 Å². The molecule has 0 bridgehead atoms. The van der Waals surface area contributed by atoms with E-state index in [1.807, 2.05) is 16.4 Å². The van der Waals surface area contributed by atoms with Gasteiger partial charge in [-0.05, 0) is 19.4 Å². The van der Waals surface area contributed by atoms with Gasteiger partial charge >= 0.3 is 0 Å². The molecule has 1 N–H and O–H groups in total. The third kappa shape index (κ3) is 3.19. The number of nitrogens with one attached hydrogen (secondary N) is 1. The van der Waals surface area contributed by atoms with Crippen molar-refractivity contribution in [1.29, 1.82) is 0 Å². The SMILES string of the molecule is CCCNC(c1cncs1)c1c(OC)cnn1CCC.